The Morgan fingerprint density at radius 2 is 1.85 bits per heavy atom. The predicted octanol–water partition coefficient (Wildman–Crippen LogP) is 3.60. The molecule has 0 aliphatic carbocycles. The second-order valence-corrected chi connectivity index (χ2v) is 5.93. The topological polar surface area (TPSA) is 61.8 Å². The van der Waals surface area contributed by atoms with Gasteiger partial charge in [0.1, 0.15) is 0 Å². The monoisotopic (exact) mass is 352 g/mol. The smallest absolute Gasteiger partial charge is 0.331 e. The molecule has 2 aromatic rings. The molecule has 0 saturated carbocycles. The molecule has 2 aromatic carbocycles. The van der Waals surface area contributed by atoms with Gasteiger partial charge in [-0.05, 0) is 42.3 Å². The van der Waals surface area contributed by atoms with E-state index >= 15 is 0 Å². The fraction of sp³-hybridized carbons (Fsp3) is 0.238. The summed E-state index contributed by atoms with van der Waals surface area (Å²) in [6.07, 6.45) is 3.79. The fourth-order valence-electron chi connectivity index (χ4n) is 2.54. The van der Waals surface area contributed by atoms with Crippen LogP contribution < -0.4 is 9.47 Å². The third-order valence-corrected chi connectivity index (χ3v) is 4.00. The molecule has 0 bridgehead atoms. The van der Waals surface area contributed by atoms with Crippen LogP contribution in [0.2, 0.25) is 0 Å². The lowest BCUT2D eigenvalue weighted by Crippen LogP contribution is -2.12. The number of ketones is 1. The Hall–Kier alpha value is -3.08. The van der Waals surface area contributed by atoms with Crippen LogP contribution in [0.1, 0.15) is 27.9 Å². The summed E-state index contributed by atoms with van der Waals surface area (Å²) in [5.74, 6) is 0.311. The van der Waals surface area contributed by atoms with Gasteiger partial charge < -0.3 is 14.2 Å². The summed E-state index contributed by atoms with van der Waals surface area (Å²) in [4.78, 5) is 24.1. The minimum absolute atomic E-state index is 0.293. The zero-order valence-corrected chi connectivity index (χ0v) is 14.6. The first-order valence-corrected chi connectivity index (χ1v) is 8.47. The van der Waals surface area contributed by atoms with Gasteiger partial charge in [-0.2, -0.15) is 0 Å². The van der Waals surface area contributed by atoms with Gasteiger partial charge in [0.15, 0.2) is 23.9 Å². The molecule has 5 nitrogen and oxygen atoms in total. The maximum absolute atomic E-state index is 12.3. The van der Waals surface area contributed by atoms with Crippen LogP contribution in [-0.4, -0.2) is 31.6 Å². The van der Waals surface area contributed by atoms with E-state index in [0.717, 1.165) is 17.5 Å². The van der Waals surface area contributed by atoms with E-state index in [9.17, 15) is 9.59 Å². The molecule has 5 heteroatoms. The summed E-state index contributed by atoms with van der Waals surface area (Å²) in [5.41, 5.74) is 2.41. The highest BCUT2D eigenvalue weighted by Crippen LogP contribution is 2.30. The zero-order valence-electron chi connectivity index (χ0n) is 14.6. The Morgan fingerprint density at radius 3 is 2.65 bits per heavy atom. The van der Waals surface area contributed by atoms with Crippen LogP contribution in [0, 0.1) is 6.92 Å². The SMILES string of the molecule is Cc1ccccc1/C=C/C(=O)OCC(=O)c1ccc2c(c1)OCCCO2. The average molecular weight is 352 g/mol. The minimum Gasteiger partial charge on any atom is -0.490 e. The number of hydrogen-bond donors (Lipinski definition) is 0. The molecule has 0 N–H and O–H groups in total. The number of esters is 1. The number of rotatable bonds is 5. The zero-order chi connectivity index (χ0) is 18.4. The Labute approximate surface area is 152 Å². The Bertz CT molecular complexity index is 838. The van der Waals surface area contributed by atoms with Gasteiger partial charge in [-0.25, -0.2) is 4.79 Å². The number of carbonyl (C=O) groups excluding carboxylic acids is 2. The summed E-state index contributed by atoms with van der Waals surface area (Å²) in [7, 11) is 0. The largest absolute Gasteiger partial charge is 0.490 e. The maximum atomic E-state index is 12.3. The van der Waals surface area contributed by atoms with Crippen molar-refractivity contribution in [3.8, 4) is 11.5 Å². The summed E-state index contributed by atoms with van der Waals surface area (Å²) in [6, 6.07) is 12.7. The molecule has 0 spiro atoms. The Kier molecular flexibility index (Phi) is 5.69. The van der Waals surface area contributed by atoms with Crippen LogP contribution >= 0.6 is 0 Å². The lowest BCUT2D eigenvalue weighted by atomic mass is 10.1. The number of benzene rings is 2. The van der Waals surface area contributed by atoms with Crippen LogP contribution in [-0.2, 0) is 9.53 Å². The highest BCUT2D eigenvalue weighted by Gasteiger charge is 2.15. The molecule has 0 amide bonds. The lowest BCUT2D eigenvalue weighted by Gasteiger charge is -2.09. The van der Waals surface area contributed by atoms with Crippen molar-refractivity contribution >= 4 is 17.8 Å². The molecule has 26 heavy (non-hydrogen) atoms. The van der Waals surface area contributed by atoms with Gasteiger partial charge in [0.2, 0.25) is 0 Å². The second kappa shape index (κ2) is 8.34. The van der Waals surface area contributed by atoms with E-state index < -0.39 is 5.97 Å². The average Bonchev–Trinajstić information content (AvgIpc) is 2.90. The standard InChI is InChI=1S/C21H20O5/c1-15-5-2-3-6-16(15)8-10-21(23)26-14-18(22)17-7-9-19-20(13-17)25-12-4-11-24-19/h2-3,5-10,13H,4,11-12,14H2,1H3/b10-8+. The fourth-order valence-corrected chi connectivity index (χ4v) is 2.54. The Morgan fingerprint density at radius 1 is 1.08 bits per heavy atom. The van der Waals surface area contributed by atoms with Crippen LogP contribution in [0.15, 0.2) is 48.5 Å². The molecule has 3 rings (SSSR count). The van der Waals surface area contributed by atoms with Gasteiger partial charge in [-0.1, -0.05) is 24.3 Å². The Balaban J connectivity index is 1.57. The van der Waals surface area contributed by atoms with E-state index in [1.165, 1.54) is 6.08 Å². The molecule has 1 aliphatic heterocycles. The third kappa shape index (κ3) is 4.51. The third-order valence-electron chi connectivity index (χ3n) is 4.00. The predicted molar refractivity (Wildman–Crippen MR) is 97.6 cm³/mol. The number of ether oxygens (including phenoxy) is 3. The number of hydrogen-bond acceptors (Lipinski definition) is 5. The highest BCUT2D eigenvalue weighted by atomic mass is 16.5. The van der Waals surface area contributed by atoms with Gasteiger partial charge in [-0.3, -0.25) is 4.79 Å². The van der Waals surface area contributed by atoms with Crippen molar-refractivity contribution in [3.63, 3.8) is 0 Å². The van der Waals surface area contributed by atoms with E-state index in [1.807, 2.05) is 31.2 Å². The number of Topliss-reactive ketones (excluding diaryl/α,β-unsaturated/α-hetero) is 1. The van der Waals surface area contributed by atoms with Gasteiger partial charge in [0.05, 0.1) is 13.2 Å². The molecule has 0 atom stereocenters. The van der Waals surface area contributed by atoms with Crippen molar-refractivity contribution in [1.82, 2.24) is 0 Å². The van der Waals surface area contributed by atoms with Crippen LogP contribution in [0.5, 0.6) is 11.5 Å². The summed E-state index contributed by atoms with van der Waals surface area (Å²) < 4.78 is 16.1. The van der Waals surface area contributed by atoms with Crippen LogP contribution in [0.25, 0.3) is 6.08 Å². The van der Waals surface area contributed by atoms with E-state index in [0.29, 0.717) is 30.3 Å². The van der Waals surface area contributed by atoms with Crippen molar-refractivity contribution in [1.29, 1.82) is 0 Å². The second-order valence-electron chi connectivity index (χ2n) is 5.93. The number of aryl methyl sites for hydroxylation is 1. The molecular formula is C21H20O5. The van der Waals surface area contributed by atoms with Crippen molar-refractivity contribution in [2.24, 2.45) is 0 Å². The summed E-state index contributed by atoms with van der Waals surface area (Å²) in [6.45, 7) is 2.77. The van der Waals surface area contributed by atoms with Crippen molar-refractivity contribution in [2.45, 2.75) is 13.3 Å². The van der Waals surface area contributed by atoms with Gasteiger partial charge >= 0.3 is 5.97 Å². The van der Waals surface area contributed by atoms with Gasteiger partial charge in [0.25, 0.3) is 0 Å². The molecule has 0 unspecified atom stereocenters. The van der Waals surface area contributed by atoms with Gasteiger partial charge in [0, 0.05) is 18.1 Å². The van der Waals surface area contributed by atoms with Crippen molar-refractivity contribution in [3.05, 3.63) is 65.2 Å². The van der Waals surface area contributed by atoms with Crippen LogP contribution in [0.4, 0.5) is 0 Å². The molecular weight excluding hydrogens is 332 g/mol. The maximum Gasteiger partial charge on any atom is 0.331 e. The molecule has 0 radical (unpaired) electrons. The van der Waals surface area contributed by atoms with Crippen LogP contribution in [0.3, 0.4) is 0 Å². The van der Waals surface area contributed by atoms with E-state index in [2.05, 4.69) is 0 Å². The molecule has 1 aliphatic rings. The van der Waals surface area contributed by atoms with E-state index in [-0.39, 0.29) is 12.4 Å². The quantitative estimate of drug-likeness (QED) is 0.467. The molecule has 0 fully saturated rings. The molecule has 0 aromatic heterocycles. The number of fused-ring (bicyclic) bond motifs is 1. The molecule has 0 saturated heterocycles. The highest BCUT2D eigenvalue weighted by molar-refractivity contribution is 5.99. The molecule has 1 heterocycles. The summed E-state index contributed by atoms with van der Waals surface area (Å²) >= 11 is 0. The minimum atomic E-state index is -0.559. The first kappa shape index (κ1) is 17.7. The number of carbonyl (C=O) groups is 2. The lowest BCUT2D eigenvalue weighted by molar-refractivity contribution is -0.136. The normalized spacial score (nSPS) is 13.3. The first-order valence-electron chi connectivity index (χ1n) is 8.47. The molecule has 134 valence electrons. The van der Waals surface area contributed by atoms with E-state index in [4.69, 9.17) is 14.2 Å². The van der Waals surface area contributed by atoms with E-state index in [1.54, 1.807) is 24.3 Å². The van der Waals surface area contributed by atoms with Crippen molar-refractivity contribution < 1.29 is 23.8 Å². The van der Waals surface area contributed by atoms with Crippen molar-refractivity contribution in [2.75, 3.05) is 19.8 Å². The summed E-state index contributed by atoms with van der Waals surface area (Å²) in [5, 5.41) is 0. The van der Waals surface area contributed by atoms with Gasteiger partial charge in [-0.15, -0.1) is 0 Å². The first-order chi connectivity index (χ1) is 12.6.